The van der Waals surface area contributed by atoms with Gasteiger partial charge in [0.1, 0.15) is 21.9 Å². The first kappa shape index (κ1) is 81.8. The Morgan fingerprint density at radius 2 is 0.847 bits per heavy atom. The predicted molar refractivity (Wildman–Crippen MR) is 438 cm³/mol. The first-order valence-corrected chi connectivity index (χ1v) is 46.9. The molecule has 0 spiro atoms. The van der Waals surface area contributed by atoms with E-state index in [4.69, 9.17) is 23.7 Å². The molecule has 6 aromatic carbocycles. The third-order valence-corrected chi connectivity index (χ3v) is 50.3. The van der Waals surface area contributed by atoms with Gasteiger partial charge in [-0.2, -0.15) is 0 Å². The van der Waals surface area contributed by atoms with Crippen LogP contribution in [0.4, 0.5) is 0 Å². The van der Waals surface area contributed by atoms with Crippen molar-refractivity contribution in [2.75, 3.05) is 33.5 Å². The summed E-state index contributed by atoms with van der Waals surface area (Å²) in [6.07, 6.45) is 1.58. The summed E-state index contributed by atoms with van der Waals surface area (Å²) >= 11 is 0. The van der Waals surface area contributed by atoms with Crippen LogP contribution in [0.3, 0.4) is 0 Å². The first-order chi connectivity index (χ1) is 46.2. The summed E-state index contributed by atoms with van der Waals surface area (Å²) in [5.74, 6) is 22.3. The summed E-state index contributed by atoms with van der Waals surface area (Å²) in [6.45, 7) is 71.7. The Labute approximate surface area is 602 Å². The van der Waals surface area contributed by atoms with Gasteiger partial charge in [0.15, 0.2) is 0 Å². The van der Waals surface area contributed by atoms with Crippen LogP contribution in [0.25, 0.3) is 32.3 Å². The maximum absolute atomic E-state index is 6.56. The van der Waals surface area contributed by atoms with Crippen LogP contribution in [0.5, 0.6) is 5.75 Å². The van der Waals surface area contributed by atoms with Gasteiger partial charge in [-0.3, -0.25) is 0 Å². The van der Waals surface area contributed by atoms with Crippen molar-refractivity contribution in [3.63, 3.8) is 0 Å². The Morgan fingerprint density at radius 3 is 1.36 bits per heavy atom. The number of ether oxygens (including phenoxy) is 5. The van der Waals surface area contributed by atoms with Gasteiger partial charge >= 0.3 is 0 Å². The van der Waals surface area contributed by atoms with Gasteiger partial charge in [0.25, 0.3) is 0 Å². The first-order valence-electron chi connectivity index (χ1n) is 37.9. The summed E-state index contributed by atoms with van der Waals surface area (Å²) in [6, 6.07) is 28.5. The third kappa shape index (κ3) is 16.7. The summed E-state index contributed by atoms with van der Waals surface area (Å²) in [5.41, 5.74) is 24.8. The SMILES string of the molecule is CCOC(C#Cc1c(C)cc(C#CC(OCC)OCCCC(C)[Si](C#Cc2c(OC)cc(C#C[Si](C(C)C)(C(C)C)C(C)C)c3cc(CC(C)[Si](c4cc(C)c([Si](C(C)C)(C(C)C)C(C)C)c5ccc(C)cc45)(C(C)C)C(C)C)ccc23)(C(C)C)C(C)C)c2cc(C)ccc12)OCC. The van der Waals surface area contributed by atoms with E-state index < -0.39 is 44.9 Å². The fourth-order valence-corrected chi connectivity index (χ4v) is 44.3. The molecule has 0 bridgehead atoms. The second kappa shape index (κ2) is 35.2. The zero-order chi connectivity index (χ0) is 73.1. The van der Waals surface area contributed by atoms with E-state index in [9.17, 15) is 0 Å². The highest BCUT2D eigenvalue weighted by molar-refractivity contribution is 6.99. The summed E-state index contributed by atoms with van der Waals surface area (Å²) in [7, 11) is -7.12. The van der Waals surface area contributed by atoms with E-state index >= 15 is 0 Å². The maximum atomic E-state index is 6.56. The largest absolute Gasteiger partial charge is 0.495 e. The third-order valence-electron chi connectivity index (χ3n) is 23.5. The van der Waals surface area contributed by atoms with Crippen molar-refractivity contribution in [1.29, 1.82) is 0 Å². The Bertz CT molecular complexity index is 3900. The molecule has 0 aliphatic rings. The van der Waals surface area contributed by atoms with Gasteiger partial charge in [-0.05, 0) is 208 Å². The number of hydrogen-bond donors (Lipinski definition) is 0. The van der Waals surface area contributed by atoms with Crippen LogP contribution in [0, 0.1) is 74.3 Å². The Hall–Kier alpha value is -5.15. The molecule has 0 fully saturated rings. The van der Waals surface area contributed by atoms with E-state index in [1.165, 1.54) is 32.8 Å². The fourth-order valence-electron chi connectivity index (χ4n) is 19.4. The normalized spacial score (nSPS) is 13.6. The highest BCUT2D eigenvalue weighted by Gasteiger charge is 2.51. The molecule has 98 heavy (non-hydrogen) atoms. The smallest absolute Gasteiger partial charge is 0.222 e. The van der Waals surface area contributed by atoms with Crippen molar-refractivity contribution in [2.24, 2.45) is 0 Å². The molecule has 3 atom stereocenters. The van der Waals surface area contributed by atoms with Crippen LogP contribution in [0.2, 0.25) is 66.5 Å². The molecule has 0 saturated heterocycles. The molecule has 0 aliphatic carbocycles. The quantitative estimate of drug-likeness (QED) is 0.0212. The van der Waals surface area contributed by atoms with E-state index in [-0.39, 0.29) is 0 Å². The lowest BCUT2D eigenvalue weighted by Gasteiger charge is -2.48. The van der Waals surface area contributed by atoms with Crippen LogP contribution in [-0.4, -0.2) is 78.4 Å². The van der Waals surface area contributed by atoms with Gasteiger partial charge in [0.2, 0.25) is 12.6 Å². The Morgan fingerprint density at radius 1 is 0.388 bits per heavy atom. The number of benzene rings is 6. The van der Waals surface area contributed by atoms with Gasteiger partial charge in [0, 0.05) is 41.9 Å². The molecule has 6 rings (SSSR count). The second-order valence-corrected chi connectivity index (χ2v) is 54.6. The van der Waals surface area contributed by atoms with Gasteiger partial charge in [0.05, 0.1) is 35.4 Å². The maximum Gasteiger partial charge on any atom is 0.222 e. The van der Waals surface area contributed by atoms with E-state index in [1.807, 2.05) is 27.9 Å². The van der Waals surface area contributed by atoms with Crippen molar-refractivity contribution in [2.45, 2.75) is 299 Å². The molecule has 5 nitrogen and oxygen atoms in total. The molecule has 3 unspecified atom stereocenters. The van der Waals surface area contributed by atoms with Gasteiger partial charge < -0.3 is 23.7 Å². The van der Waals surface area contributed by atoms with E-state index in [2.05, 4.69) is 299 Å². The van der Waals surface area contributed by atoms with Crippen molar-refractivity contribution < 1.29 is 23.7 Å². The molecule has 6 aromatic rings. The summed E-state index contributed by atoms with van der Waals surface area (Å²) in [5, 5.41) is 10.9. The molecule has 0 aliphatic heterocycles. The summed E-state index contributed by atoms with van der Waals surface area (Å²) in [4.78, 5) is 0. The minimum absolute atomic E-state index is 0.376. The van der Waals surface area contributed by atoms with Gasteiger partial charge in [-0.1, -0.05) is 252 Å². The molecule has 0 N–H and O–H groups in total. The van der Waals surface area contributed by atoms with Crippen LogP contribution in [0.1, 0.15) is 236 Å². The number of rotatable bonds is 28. The highest BCUT2D eigenvalue weighted by atomic mass is 28.3. The number of aryl methyl sites for hydroxylation is 4. The lowest BCUT2D eigenvalue weighted by Crippen LogP contribution is -2.60. The van der Waals surface area contributed by atoms with E-state index in [1.54, 1.807) is 10.4 Å². The van der Waals surface area contributed by atoms with Crippen molar-refractivity contribution in [1.82, 2.24) is 0 Å². The van der Waals surface area contributed by atoms with Gasteiger partial charge in [-0.25, -0.2) is 0 Å². The molecule has 0 aromatic heterocycles. The minimum atomic E-state index is -2.40. The molecule has 0 saturated carbocycles. The number of methoxy groups -OCH3 is 1. The van der Waals surface area contributed by atoms with Crippen LogP contribution < -0.4 is 15.1 Å². The predicted octanol–water partition coefficient (Wildman–Crippen LogP) is 23.5. The average molecular weight is 1390 g/mol. The number of fused-ring (bicyclic) bond motifs is 3. The average Bonchev–Trinajstić information content (AvgIpc) is 0.710. The molecule has 0 amide bonds. The van der Waals surface area contributed by atoms with Crippen molar-refractivity contribution in [3.8, 4) is 52.4 Å². The van der Waals surface area contributed by atoms with Crippen molar-refractivity contribution in [3.05, 3.63) is 123 Å². The molecule has 0 radical (unpaired) electrons. The zero-order valence-electron chi connectivity index (χ0n) is 67.0. The van der Waals surface area contributed by atoms with Gasteiger partial charge in [-0.15, -0.1) is 11.1 Å². The van der Waals surface area contributed by atoms with E-state index in [0.717, 1.165) is 74.6 Å². The van der Waals surface area contributed by atoms with Crippen molar-refractivity contribution >= 4 is 75.0 Å². The standard InChI is InChI=1S/C89H130O5Si4/c1-31-91-87(92-32-2)45-43-77-70(26)53-75(82-51-68(24)36-40-78(77)82)39-44-88(93-33-3)94-48-34-35-72(28)96(61(10)11,62(12)13)50-47-80-79-42-38-74(56-83(79)76(57-85(80)90-30)46-49-95(58(4)5,59(6)7)60(8)9)55-73(29)98(66(20)21,67(22)23)86-54-71(27)89(81-41-37-69(25)52-84(81)86)97(63(14)15,64(16)17)65(18)19/h36-38,40-42,51-54,56-67,72-73,87-88H,31-35,48,55H2,1-30H3. The molecule has 9 heteroatoms. The lowest BCUT2D eigenvalue weighted by molar-refractivity contribution is -0.102. The van der Waals surface area contributed by atoms with Crippen LogP contribution >= 0.6 is 0 Å². The lowest BCUT2D eigenvalue weighted by atomic mass is 9.94. The zero-order valence-corrected chi connectivity index (χ0v) is 71.0. The molecule has 532 valence electrons. The Balaban J connectivity index is 1.46. The Kier molecular flexibility index (Phi) is 29.3. The van der Waals surface area contributed by atoms with Crippen LogP contribution in [-0.2, 0) is 25.4 Å². The molecular formula is C89H130O5Si4. The minimum Gasteiger partial charge on any atom is -0.495 e. The molecular weight excluding hydrogens is 1260 g/mol. The van der Waals surface area contributed by atoms with Crippen LogP contribution in [0.15, 0.2) is 72.8 Å². The topological polar surface area (TPSA) is 46.2 Å². The highest BCUT2D eigenvalue weighted by Crippen LogP contribution is 2.49. The molecule has 0 heterocycles. The monoisotopic (exact) mass is 1390 g/mol. The van der Waals surface area contributed by atoms with E-state index in [0.29, 0.717) is 92.9 Å². The fraction of sp³-hybridized carbons (Fsp3) is 0.573. The summed E-state index contributed by atoms with van der Waals surface area (Å²) < 4.78 is 30.8. The second-order valence-electron chi connectivity index (χ2n) is 32.1. The number of hydrogen-bond acceptors (Lipinski definition) is 5.